The van der Waals surface area contributed by atoms with Crippen molar-refractivity contribution in [3.05, 3.63) is 57.8 Å². The second kappa shape index (κ2) is 6.52. The summed E-state index contributed by atoms with van der Waals surface area (Å²) in [5, 5.41) is 3.83. The number of aromatic nitrogens is 2. The summed E-state index contributed by atoms with van der Waals surface area (Å²) in [5.74, 6) is -0.0955. The molecule has 0 aliphatic carbocycles. The van der Waals surface area contributed by atoms with Crippen LogP contribution in [0.1, 0.15) is 28.4 Å². The first-order valence-corrected chi connectivity index (χ1v) is 9.22. The first-order chi connectivity index (χ1) is 12.2. The number of fused-ring (bicyclic) bond motifs is 2. The number of nitrogens with one attached hydrogen (secondary N) is 2. The number of H-pyrrole nitrogens is 1. The van der Waals surface area contributed by atoms with Crippen molar-refractivity contribution in [1.29, 1.82) is 0 Å². The average Bonchev–Trinajstić information content (AvgIpc) is 3.22. The molecule has 25 heavy (non-hydrogen) atoms. The summed E-state index contributed by atoms with van der Waals surface area (Å²) in [4.78, 5) is 22.2. The van der Waals surface area contributed by atoms with Crippen molar-refractivity contribution in [2.75, 3.05) is 18.0 Å². The molecular formula is C19H19BrN4O. The fourth-order valence-corrected chi connectivity index (χ4v) is 3.74. The van der Waals surface area contributed by atoms with Gasteiger partial charge in [-0.25, -0.2) is 4.98 Å². The quantitative estimate of drug-likeness (QED) is 0.704. The highest BCUT2D eigenvalue weighted by Crippen LogP contribution is 2.28. The number of carbonyl (C=O) groups excluding carboxylic acids is 1. The third-order valence-corrected chi connectivity index (χ3v) is 5.15. The fraction of sp³-hybridized carbons (Fsp3) is 0.263. The number of halogens is 1. The molecule has 3 aromatic rings. The minimum absolute atomic E-state index is 0.0955. The molecule has 0 atom stereocenters. The lowest BCUT2D eigenvalue weighted by Gasteiger charge is -2.16. The third-order valence-electron chi connectivity index (χ3n) is 4.71. The minimum Gasteiger partial charge on any atom is -0.371 e. The van der Waals surface area contributed by atoms with Crippen molar-refractivity contribution >= 4 is 38.6 Å². The fourth-order valence-electron chi connectivity index (χ4n) is 3.41. The topological polar surface area (TPSA) is 61.0 Å². The van der Waals surface area contributed by atoms with Crippen molar-refractivity contribution in [2.24, 2.45) is 0 Å². The van der Waals surface area contributed by atoms with Gasteiger partial charge in [-0.15, -0.1) is 0 Å². The molecule has 1 aliphatic rings. The number of hydrogen-bond donors (Lipinski definition) is 2. The standard InChI is InChI=1S/C19H19BrN4O/c1-2-24-6-5-13-7-12(3-4-17(13)24)9-23-19(25)16-11-22-18-15(16)8-14(20)10-21-18/h3-4,7-8,10-11H,2,5-6,9H2,1H3,(H,21,22)(H,23,25). The van der Waals surface area contributed by atoms with Gasteiger partial charge in [-0.2, -0.15) is 0 Å². The number of pyridine rings is 1. The molecule has 5 nitrogen and oxygen atoms in total. The molecule has 0 unspecified atom stereocenters. The van der Waals surface area contributed by atoms with Gasteiger partial charge in [0.1, 0.15) is 5.65 Å². The van der Waals surface area contributed by atoms with Gasteiger partial charge in [0.15, 0.2) is 0 Å². The van der Waals surface area contributed by atoms with E-state index in [4.69, 9.17) is 0 Å². The first-order valence-electron chi connectivity index (χ1n) is 8.43. The second-order valence-corrected chi connectivity index (χ2v) is 7.14. The Morgan fingerprint density at radius 2 is 2.28 bits per heavy atom. The largest absolute Gasteiger partial charge is 0.371 e. The van der Waals surface area contributed by atoms with E-state index in [1.165, 1.54) is 11.3 Å². The molecule has 1 amide bonds. The molecule has 0 saturated heterocycles. The monoisotopic (exact) mass is 398 g/mol. The summed E-state index contributed by atoms with van der Waals surface area (Å²) in [6.07, 6.45) is 4.50. The van der Waals surface area contributed by atoms with E-state index in [0.717, 1.165) is 34.9 Å². The van der Waals surface area contributed by atoms with Crippen LogP contribution in [0.2, 0.25) is 0 Å². The van der Waals surface area contributed by atoms with Crippen LogP contribution in [0.3, 0.4) is 0 Å². The maximum absolute atomic E-state index is 12.6. The van der Waals surface area contributed by atoms with Crippen molar-refractivity contribution in [2.45, 2.75) is 19.9 Å². The van der Waals surface area contributed by atoms with Gasteiger partial charge in [0.05, 0.1) is 5.56 Å². The number of hydrogen-bond acceptors (Lipinski definition) is 3. The van der Waals surface area contributed by atoms with E-state index < -0.39 is 0 Å². The Kier molecular flexibility index (Phi) is 4.21. The number of nitrogens with zero attached hydrogens (tertiary/aromatic N) is 2. The van der Waals surface area contributed by atoms with Gasteiger partial charge in [-0.1, -0.05) is 12.1 Å². The van der Waals surface area contributed by atoms with Crippen LogP contribution in [-0.2, 0) is 13.0 Å². The van der Waals surface area contributed by atoms with Gasteiger partial charge in [0.2, 0.25) is 0 Å². The molecule has 1 aliphatic heterocycles. The predicted octanol–water partition coefficient (Wildman–Crippen LogP) is 3.64. The molecule has 2 aromatic heterocycles. The molecule has 0 radical (unpaired) electrons. The molecule has 128 valence electrons. The van der Waals surface area contributed by atoms with Gasteiger partial charge in [-0.05, 0) is 52.5 Å². The number of rotatable bonds is 4. The van der Waals surface area contributed by atoms with Crippen molar-refractivity contribution in [3.63, 3.8) is 0 Å². The van der Waals surface area contributed by atoms with Crippen LogP contribution < -0.4 is 10.2 Å². The smallest absolute Gasteiger partial charge is 0.253 e. The van der Waals surface area contributed by atoms with Crippen molar-refractivity contribution in [3.8, 4) is 0 Å². The minimum atomic E-state index is -0.0955. The molecular weight excluding hydrogens is 380 g/mol. The number of aromatic amines is 1. The Morgan fingerprint density at radius 3 is 3.12 bits per heavy atom. The summed E-state index contributed by atoms with van der Waals surface area (Å²) in [5.41, 5.74) is 5.15. The summed E-state index contributed by atoms with van der Waals surface area (Å²) in [7, 11) is 0. The Hall–Kier alpha value is -2.34. The maximum Gasteiger partial charge on any atom is 0.253 e. The first kappa shape index (κ1) is 16.1. The summed E-state index contributed by atoms with van der Waals surface area (Å²) in [6, 6.07) is 8.38. The van der Waals surface area contributed by atoms with E-state index in [1.54, 1.807) is 12.4 Å². The lowest BCUT2D eigenvalue weighted by atomic mass is 10.1. The number of amides is 1. The van der Waals surface area contributed by atoms with Crippen LogP contribution in [0.5, 0.6) is 0 Å². The van der Waals surface area contributed by atoms with Crippen LogP contribution in [0.4, 0.5) is 5.69 Å². The molecule has 0 bridgehead atoms. The average molecular weight is 399 g/mol. The van der Waals surface area contributed by atoms with Crippen molar-refractivity contribution < 1.29 is 4.79 Å². The molecule has 0 fully saturated rings. The summed E-state index contributed by atoms with van der Waals surface area (Å²) >= 11 is 3.40. The van der Waals surface area contributed by atoms with E-state index in [0.29, 0.717) is 17.8 Å². The normalized spacial score (nSPS) is 13.3. The predicted molar refractivity (Wildman–Crippen MR) is 103 cm³/mol. The molecule has 2 N–H and O–H groups in total. The number of carbonyl (C=O) groups is 1. The third kappa shape index (κ3) is 3.02. The zero-order valence-electron chi connectivity index (χ0n) is 14.0. The Morgan fingerprint density at radius 1 is 1.40 bits per heavy atom. The lowest BCUT2D eigenvalue weighted by Crippen LogP contribution is -2.22. The van der Waals surface area contributed by atoms with Gasteiger partial charge >= 0.3 is 0 Å². The van der Waals surface area contributed by atoms with Crippen LogP contribution in [0.25, 0.3) is 11.0 Å². The number of likely N-dealkylation sites (N-methyl/N-ethyl adjacent to an activating group) is 1. The van der Waals surface area contributed by atoms with Crippen LogP contribution in [0, 0.1) is 0 Å². The second-order valence-electron chi connectivity index (χ2n) is 6.23. The summed E-state index contributed by atoms with van der Waals surface area (Å²) < 4.78 is 0.854. The van der Waals surface area contributed by atoms with Crippen LogP contribution >= 0.6 is 15.9 Å². The van der Waals surface area contributed by atoms with E-state index in [9.17, 15) is 4.79 Å². The van der Waals surface area contributed by atoms with Crippen molar-refractivity contribution in [1.82, 2.24) is 15.3 Å². The number of benzene rings is 1. The van der Waals surface area contributed by atoms with Gasteiger partial charge in [-0.3, -0.25) is 4.79 Å². The van der Waals surface area contributed by atoms with Crippen LogP contribution in [0.15, 0.2) is 41.1 Å². The highest BCUT2D eigenvalue weighted by molar-refractivity contribution is 9.10. The van der Waals surface area contributed by atoms with E-state index >= 15 is 0 Å². The lowest BCUT2D eigenvalue weighted by molar-refractivity contribution is 0.0952. The van der Waals surface area contributed by atoms with Crippen LogP contribution in [-0.4, -0.2) is 29.0 Å². The maximum atomic E-state index is 12.6. The Labute approximate surface area is 154 Å². The van der Waals surface area contributed by atoms with E-state index in [2.05, 4.69) is 61.2 Å². The summed E-state index contributed by atoms with van der Waals surface area (Å²) in [6.45, 7) is 4.82. The van der Waals surface area contributed by atoms with Gasteiger partial charge in [0, 0.05) is 47.6 Å². The molecule has 3 heterocycles. The molecule has 0 saturated carbocycles. The molecule has 1 aromatic carbocycles. The van der Waals surface area contributed by atoms with E-state index in [1.807, 2.05) is 6.07 Å². The molecule has 4 rings (SSSR count). The zero-order valence-corrected chi connectivity index (χ0v) is 15.6. The molecule has 6 heteroatoms. The van der Waals surface area contributed by atoms with E-state index in [-0.39, 0.29) is 5.91 Å². The highest BCUT2D eigenvalue weighted by atomic mass is 79.9. The van der Waals surface area contributed by atoms with Gasteiger partial charge < -0.3 is 15.2 Å². The Bertz CT molecular complexity index is 950. The zero-order chi connectivity index (χ0) is 17.4. The SMILES string of the molecule is CCN1CCc2cc(CNC(=O)c3c[nH]c4ncc(Br)cc34)ccc21. The molecule has 0 spiro atoms. The number of anilines is 1. The Balaban J connectivity index is 1.49. The van der Waals surface area contributed by atoms with Gasteiger partial charge in [0.25, 0.3) is 5.91 Å². The highest BCUT2D eigenvalue weighted by Gasteiger charge is 2.18.